The fourth-order valence-electron chi connectivity index (χ4n) is 2.72. The molecule has 0 aliphatic carbocycles. The summed E-state index contributed by atoms with van der Waals surface area (Å²) in [6.07, 6.45) is 8.04. The molecule has 2 aromatic rings. The molecule has 5 heteroatoms. The largest absolute Gasteiger partial charge is 0.478 e. The molecular formula is C19H23ClN2O2. The molecule has 0 unspecified atom stereocenters. The van der Waals surface area contributed by atoms with Crippen LogP contribution in [-0.4, -0.2) is 20.9 Å². The predicted octanol–water partition coefficient (Wildman–Crippen LogP) is 5.08. The van der Waals surface area contributed by atoms with Crippen LogP contribution in [0.3, 0.4) is 0 Å². The van der Waals surface area contributed by atoms with Gasteiger partial charge in [-0.25, -0.2) is 9.48 Å². The van der Waals surface area contributed by atoms with Crippen molar-refractivity contribution in [1.29, 1.82) is 0 Å². The highest BCUT2D eigenvalue weighted by Crippen LogP contribution is 2.23. The topological polar surface area (TPSA) is 55.1 Å². The fourth-order valence-corrected chi connectivity index (χ4v) is 2.90. The van der Waals surface area contributed by atoms with Crippen LogP contribution in [0.4, 0.5) is 0 Å². The molecule has 0 aliphatic heterocycles. The van der Waals surface area contributed by atoms with Crippen LogP contribution in [-0.2, 0) is 12.8 Å². The Balaban J connectivity index is 2.49. The Bertz CT molecular complexity index is 735. The first-order valence-corrected chi connectivity index (χ1v) is 8.71. The van der Waals surface area contributed by atoms with Gasteiger partial charge in [0.2, 0.25) is 0 Å². The van der Waals surface area contributed by atoms with Gasteiger partial charge in [0.25, 0.3) is 0 Å². The molecule has 24 heavy (non-hydrogen) atoms. The highest BCUT2D eigenvalue weighted by molar-refractivity contribution is 6.30. The number of nitrogens with zero attached hydrogens (tertiary/aromatic N) is 2. The zero-order valence-electron chi connectivity index (χ0n) is 14.1. The zero-order valence-corrected chi connectivity index (χ0v) is 14.9. The molecule has 1 aromatic heterocycles. The van der Waals surface area contributed by atoms with E-state index in [0.717, 1.165) is 30.6 Å². The van der Waals surface area contributed by atoms with Crippen molar-refractivity contribution >= 4 is 17.6 Å². The maximum absolute atomic E-state index is 11.8. The Morgan fingerprint density at radius 1 is 1.29 bits per heavy atom. The van der Waals surface area contributed by atoms with E-state index in [4.69, 9.17) is 11.6 Å². The molecule has 4 nitrogen and oxygen atoms in total. The Labute approximate surface area is 147 Å². The van der Waals surface area contributed by atoms with Crippen molar-refractivity contribution in [3.05, 3.63) is 58.4 Å². The lowest BCUT2D eigenvalue weighted by Gasteiger charge is -2.07. The molecule has 1 heterocycles. The van der Waals surface area contributed by atoms with Crippen molar-refractivity contribution in [2.45, 2.75) is 46.0 Å². The molecule has 128 valence electrons. The molecule has 0 spiro atoms. The maximum Gasteiger partial charge on any atom is 0.339 e. The summed E-state index contributed by atoms with van der Waals surface area (Å²) in [5.41, 5.74) is 2.50. The number of aromatic nitrogens is 2. The summed E-state index contributed by atoms with van der Waals surface area (Å²) in [6.45, 7) is 4.11. The smallest absolute Gasteiger partial charge is 0.339 e. The summed E-state index contributed by atoms with van der Waals surface area (Å²) in [5.74, 6) is -0.916. The highest BCUT2D eigenvalue weighted by atomic mass is 35.5. The molecule has 0 radical (unpaired) electrons. The van der Waals surface area contributed by atoms with Crippen LogP contribution in [0.1, 0.15) is 54.9 Å². The van der Waals surface area contributed by atoms with Crippen LogP contribution in [0.15, 0.2) is 36.4 Å². The van der Waals surface area contributed by atoms with Gasteiger partial charge in [-0.3, -0.25) is 0 Å². The van der Waals surface area contributed by atoms with E-state index in [-0.39, 0.29) is 0 Å². The van der Waals surface area contributed by atoms with Crippen molar-refractivity contribution in [2.75, 3.05) is 0 Å². The normalized spacial score (nSPS) is 11.3. The summed E-state index contributed by atoms with van der Waals surface area (Å²) in [5, 5.41) is 14.9. The molecule has 0 bridgehead atoms. The van der Waals surface area contributed by atoms with E-state index in [9.17, 15) is 9.90 Å². The van der Waals surface area contributed by atoms with Crippen LogP contribution >= 0.6 is 11.6 Å². The van der Waals surface area contributed by atoms with Gasteiger partial charge in [0.05, 0.1) is 17.1 Å². The number of carboxylic acid groups (broad SMARTS) is 1. The second kappa shape index (κ2) is 8.69. The van der Waals surface area contributed by atoms with Gasteiger partial charge < -0.3 is 5.11 Å². The van der Waals surface area contributed by atoms with Gasteiger partial charge in [-0.2, -0.15) is 5.10 Å². The molecule has 0 saturated heterocycles. The first-order chi connectivity index (χ1) is 11.6. The minimum atomic E-state index is -0.916. The lowest BCUT2D eigenvalue weighted by Crippen LogP contribution is -2.07. The Morgan fingerprint density at radius 2 is 2.08 bits per heavy atom. The number of allylic oxidation sites excluding steroid dienone is 2. The number of hydrogen-bond acceptors (Lipinski definition) is 2. The second-order valence-electron chi connectivity index (χ2n) is 5.63. The third-order valence-electron chi connectivity index (χ3n) is 3.76. The van der Waals surface area contributed by atoms with Gasteiger partial charge in [-0.05, 0) is 43.9 Å². The van der Waals surface area contributed by atoms with Gasteiger partial charge in [-0.15, -0.1) is 0 Å². The van der Waals surface area contributed by atoms with Gasteiger partial charge >= 0.3 is 5.97 Å². The molecule has 0 aliphatic rings. The van der Waals surface area contributed by atoms with E-state index in [1.807, 2.05) is 19.1 Å². The first kappa shape index (κ1) is 18.3. The van der Waals surface area contributed by atoms with Crippen molar-refractivity contribution in [1.82, 2.24) is 9.78 Å². The summed E-state index contributed by atoms with van der Waals surface area (Å²) in [4.78, 5) is 11.8. The molecule has 0 fully saturated rings. The molecule has 2 rings (SSSR count). The zero-order chi connectivity index (χ0) is 17.5. The van der Waals surface area contributed by atoms with Gasteiger partial charge in [0.15, 0.2) is 0 Å². The Hall–Kier alpha value is -2.07. The van der Waals surface area contributed by atoms with E-state index < -0.39 is 5.97 Å². The van der Waals surface area contributed by atoms with E-state index in [1.165, 1.54) is 0 Å². The second-order valence-corrected chi connectivity index (χ2v) is 6.07. The van der Waals surface area contributed by atoms with Gasteiger partial charge in [-0.1, -0.05) is 50.1 Å². The average molecular weight is 347 g/mol. The van der Waals surface area contributed by atoms with Crippen LogP contribution in [0.5, 0.6) is 0 Å². The summed E-state index contributed by atoms with van der Waals surface area (Å²) in [6, 6.07) is 7.34. The summed E-state index contributed by atoms with van der Waals surface area (Å²) < 4.78 is 1.73. The molecule has 0 atom stereocenters. The summed E-state index contributed by atoms with van der Waals surface area (Å²) in [7, 11) is 0. The number of carboxylic acids is 1. The average Bonchev–Trinajstić information content (AvgIpc) is 2.90. The van der Waals surface area contributed by atoms with Crippen LogP contribution in [0.2, 0.25) is 5.02 Å². The molecular weight excluding hydrogens is 324 g/mol. The molecule has 1 N–H and O–H groups in total. The van der Waals surface area contributed by atoms with Crippen LogP contribution in [0.25, 0.3) is 5.69 Å². The number of benzene rings is 1. The quantitative estimate of drug-likeness (QED) is 0.678. The number of carbonyl (C=O) groups is 1. The van der Waals surface area contributed by atoms with Crippen LogP contribution < -0.4 is 0 Å². The molecule has 0 saturated carbocycles. The fraction of sp³-hybridized carbons (Fsp3) is 0.368. The monoisotopic (exact) mass is 346 g/mol. The highest BCUT2D eigenvalue weighted by Gasteiger charge is 2.23. The molecule has 1 aromatic carbocycles. The van der Waals surface area contributed by atoms with E-state index in [1.54, 1.807) is 16.8 Å². The SMILES string of the molecule is CCC=CCCc1nn(-c2cccc(Cl)c2)c(CCC)c1C(=O)O. The van der Waals surface area contributed by atoms with Crippen molar-refractivity contribution in [3.8, 4) is 5.69 Å². The predicted molar refractivity (Wildman–Crippen MR) is 97.3 cm³/mol. The van der Waals surface area contributed by atoms with E-state index in [2.05, 4.69) is 24.2 Å². The van der Waals surface area contributed by atoms with Gasteiger partial charge in [0.1, 0.15) is 5.56 Å². The third-order valence-corrected chi connectivity index (χ3v) is 3.99. The Morgan fingerprint density at radius 3 is 2.71 bits per heavy atom. The molecule has 0 amide bonds. The Kier molecular flexibility index (Phi) is 6.62. The lowest BCUT2D eigenvalue weighted by atomic mass is 10.1. The minimum Gasteiger partial charge on any atom is -0.478 e. The minimum absolute atomic E-state index is 0.335. The van der Waals surface area contributed by atoms with Crippen molar-refractivity contribution in [3.63, 3.8) is 0 Å². The van der Waals surface area contributed by atoms with Crippen LogP contribution in [0, 0.1) is 0 Å². The van der Waals surface area contributed by atoms with E-state index in [0.29, 0.717) is 29.1 Å². The summed E-state index contributed by atoms with van der Waals surface area (Å²) >= 11 is 6.09. The number of hydrogen-bond donors (Lipinski definition) is 1. The lowest BCUT2D eigenvalue weighted by molar-refractivity contribution is 0.0694. The number of aromatic carboxylic acids is 1. The number of aryl methyl sites for hydroxylation is 1. The number of halogens is 1. The van der Waals surface area contributed by atoms with Crippen molar-refractivity contribution < 1.29 is 9.90 Å². The van der Waals surface area contributed by atoms with Crippen molar-refractivity contribution in [2.24, 2.45) is 0 Å². The number of rotatable bonds is 8. The first-order valence-electron chi connectivity index (χ1n) is 8.33. The van der Waals surface area contributed by atoms with Gasteiger partial charge in [0, 0.05) is 5.02 Å². The standard InChI is InChI=1S/C19H23ClN2O2/c1-3-5-6-7-12-16-18(19(23)24)17(9-4-2)22(21-16)15-11-8-10-14(20)13-15/h5-6,8,10-11,13H,3-4,7,9,12H2,1-2H3,(H,23,24). The third kappa shape index (κ3) is 4.26. The maximum atomic E-state index is 11.8. The van der Waals surface area contributed by atoms with E-state index >= 15 is 0 Å².